The Morgan fingerprint density at radius 3 is 2.34 bits per heavy atom. The van der Waals surface area contributed by atoms with Crippen LogP contribution in [0.25, 0.3) is 0 Å². The van der Waals surface area contributed by atoms with Crippen molar-refractivity contribution in [2.75, 3.05) is 39.4 Å². The Kier molecular flexibility index (Phi) is 9.46. The largest absolute Gasteiger partial charge is 0.459 e. The van der Waals surface area contributed by atoms with E-state index >= 15 is 0 Å². The molecule has 4 rings (SSSR count). The van der Waals surface area contributed by atoms with E-state index in [1.807, 2.05) is 25.1 Å². The first kappa shape index (κ1) is 28.1. The normalized spacial score (nSPS) is 22.6. The standard InChI is InChI=1S/C29H35F3N2O4/c1-2-37-28-24(9-6-18-35)25(22-10-12-23(13-11-22)29(30,31)32)19-26(38-28)27(36)34-16-14-33(15-17-34)20-21-7-4-3-5-8-21/h3-5,7-8,10-13,19,24-25,28,35H,2,6,9,14-18,20H2,1H3/t24-,25+,28+/m1/s1. The number of ether oxygens (including phenoxy) is 2. The van der Waals surface area contributed by atoms with Gasteiger partial charge in [-0.2, -0.15) is 13.2 Å². The molecule has 1 saturated heterocycles. The van der Waals surface area contributed by atoms with Crippen molar-refractivity contribution in [3.63, 3.8) is 0 Å². The topological polar surface area (TPSA) is 62.2 Å². The second-order valence-corrected chi connectivity index (χ2v) is 9.70. The van der Waals surface area contributed by atoms with E-state index < -0.39 is 23.9 Å². The molecule has 38 heavy (non-hydrogen) atoms. The van der Waals surface area contributed by atoms with Gasteiger partial charge in [-0.3, -0.25) is 9.69 Å². The summed E-state index contributed by atoms with van der Waals surface area (Å²) in [7, 11) is 0. The number of hydrogen-bond donors (Lipinski definition) is 1. The van der Waals surface area contributed by atoms with Gasteiger partial charge in [-0.15, -0.1) is 0 Å². The van der Waals surface area contributed by atoms with Crippen molar-refractivity contribution in [3.05, 3.63) is 83.1 Å². The maximum absolute atomic E-state index is 13.5. The highest BCUT2D eigenvalue weighted by Crippen LogP contribution is 2.40. The van der Waals surface area contributed by atoms with Gasteiger partial charge >= 0.3 is 6.18 Å². The summed E-state index contributed by atoms with van der Waals surface area (Å²) in [6.07, 6.45) is -2.45. The zero-order valence-electron chi connectivity index (χ0n) is 21.6. The second-order valence-electron chi connectivity index (χ2n) is 9.70. The molecule has 1 amide bonds. The number of nitrogens with zero attached hydrogens (tertiary/aromatic N) is 2. The van der Waals surface area contributed by atoms with Crippen LogP contribution in [0.1, 0.15) is 42.4 Å². The van der Waals surface area contributed by atoms with Gasteiger partial charge in [0.1, 0.15) is 0 Å². The predicted molar refractivity (Wildman–Crippen MR) is 137 cm³/mol. The minimum atomic E-state index is -4.43. The van der Waals surface area contributed by atoms with Crippen LogP contribution in [0.2, 0.25) is 0 Å². The summed E-state index contributed by atoms with van der Waals surface area (Å²) in [4.78, 5) is 17.6. The lowest BCUT2D eigenvalue weighted by molar-refractivity contribution is -0.171. The number of amides is 1. The lowest BCUT2D eigenvalue weighted by Crippen LogP contribution is -2.49. The van der Waals surface area contributed by atoms with E-state index in [-0.39, 0.29) is 24.2 Å². The van der Waals surface area contributed by atoms with E-state index in [0.717, 1.165) is 31.8 Å². The fourth-order valence-corrected chi connectivity index (χ4v) is 5.14. The van der Waals surface area contributed by atoms with Gasteiger partial charge in [0.05, 0.1) is 5.56 Å². The molecular weight excluding hydrogens is 497 g/mol. The molecule has 2 aliphatic heterocycles. The average molecular weight is 533 g/mol. The van der Waals surface area contributed by atoms with Crippen LogP contribution in [0.4, 0.5) is 13.2 Å². The number of halogens is 3. The van der Waals surface area contributed by atoms with E-state index in [9.17, 15) is 23.1 Å². The quantitative estimate of drug-likeness (QED) is 0.503. The Bertz CT molecular complexity index is 1070. The number of piperazine rings is 1. The molecule has 1 N–H and O–H groups in total. The molecule has 0 spiro atoms. The molecule has 206 valence electrons. The molecule has 3 atom stereocenters. The minimum absolute atomic E-state index is 0.0299. The van der Waals surface area contributed by atoms with Crippen molar-refractivity contribution < 1.29 is 32.5 Å². The highest BCUT2D eigenvalue weighted by atomic mass is 19.4. The number of carbonyl (C=O) groups is 1. The molecule has 0 aromatic heterocycles. The molecule has 0 radical (unpaired) electrons. The molecule has 0 bridgehead atoms. The smallest absolute Gasteiger partial charge is 0.416 e. The van der Waals surface area contributed by atoms with E-state index in [1.54, 1.807) is 11.0 Å². The Morgan fingerprint density at radius 1 is 1.05 bits per heavy atom. The number of alkyl halides is 3. The van der Waals surface area contributed by atoms with Gasteiger partial charge in [-0.25, -0.2) is 0 Å². The van der Waals surface area contributed by atoms with Crippen LogP contribution in [0.5, 0.6) is 0 Å². The van der Waals surface area contributed by atoms with Gasteiger partial charge in [0, 0.05) is 57.8 Å². The Labute approximate surface area is 221 Å². The Morgan fingerprint density at radius 2 is 1.74 bits per heavy atom. The zero-order valence-corrected chi connectivity index (χ0v) is 21.6. The third-order valence-electron chi connectivity index (χ3n) is 7.15. The van der Waals surface area contributed by atoms with Gasteiger partial charge in [0.2, 0.25) is 6.29 Å². The highest BCUT2D eigenvalue weighted by Gasteiger charge is 2.39. The lowest BCUT2D eigenvalue weighted by Gasteiger charge is -2.39. The van der Waals surface area contributed by atoms with Crippen LogP contribution in [0, 0.1) is 5.92 Å². The Hall–Kier alpha value is -2.88. The predicted octanol–water partition coefficient (Wildman–Crippen LogP) is 4.80. The Balaban J connectivity index is 1.53. The third-order valence-corrected chi connectivity index (χ3v) is 7.15. The highest BCUT2D eigenvalue weighted by molar-refractivity contribution is 5.92. The van der Waals surface area contributed by atoms with Crippen LogP contribution in [-0.2, 0) is 27.0 Å². The van der Waals surface area contributed by atoms with E-state index in [1.165, 1.54) is 17.7 Å². The van der Waals surface area contributed by atoms with Gasteiger partial charge in [0.15, 0.2) is 5.76 Å². The van der Waals surface area contributed by atoms with E-state index in [4.69, 9.17) is 9.47 Å². The van der Waals surface area contributed by atoms with Gasteiger partial charge in [0.25, 0.3) is 5.91 Å². The summed E-state index contributed by atoms with van der Waals surface area (Å²) < 4.78 is 51.4. The van der Waals surface area contributed by atoms with Crippen molar-refractivity contribution in [1.29, 1.82) is 0 Å². The first-order valence-corrected chi connectivity index (χ1v) is 13.1. The molecule has 6 nitrogen and oxygen atoms in total. The SMILES string of the molecule is CCO[C@H]1OC(C(=O)N2CCN(Cc3ccccc3)CC2)=C[C@@H](c2ccc(C(F)(F)F)cc2)[C@H]1CCCO. The maximum atomic E-state index is 13.5. The summed E-state index contributed by atoms with van der Waals surface area (Å²) in [5, 5.41) is 9.43. The van der Waals surface area contributed by atoms with Crippen LogP contribution >= 0.6 is 0 Å². The summed E-state index contributed by atoms with van der Waals surface area (Å²) in [6, 6.07) is 15.2. The minimum Gasteiger partial charge on any atom is -0.459 e. The van der Waals surface area contributed by atoms with Crippen LogP contribution in [0.3, 0.4) is 0 Å². The third kappa shape index (κ3) is 6.95. The number of rotatable bonds is 9. The van der Waals surface area contributed by atoms with E-state index in [0.29, 0.717) is 38.1 Å². The molecule has 0 aliphatic carbocycles. The number of carbonyl (C=O) groups excluding carboxylic acids is 1. The van der Waals surface area contributed by atoms with Gasteiger partial charge < -0.3 is 19.5 Å². The molecule has 2 heterocycles. The van der Waals surface area contributed by atoms with Crippen LogP contribution in [-0.4, -0.2) is 66.5 Å². The van der Waals surface area contributed by atoms with Crippen molar-refractivity contribution in [2.24, 2.45) is 5.92 Å². The van der Waals surface area contributed by atoms with Crippen LogP contribution in [0.15, 0.2) is 66.4 Å². The van der Waals surface area contributed by atoms with Crippen LogP contribution < -0.4 is 0 Å². The van der Waals surface area contributed by atoms with Crippen molar-refractivity contribution in [3.8, 4) is 0 Å². The van der Waals surface area contributed by atoms with E-state index in [2.05, 4.69) is 17.0 Å². The number of hydrogen-bond acceptors (Lipinski definition) is 5. The number of allylic oxidation sites excluding steroid dienone is 1. The molecular formula is C29H35F3N2O4. The first-order chi connectivity index (χ1) is 18.3. The van der Waals surface area contributed by atoms with Crippen molar-refractivity contribution >= 4 is 5.91 Å². The summed E-state index contributed by atoms with van der Waals surface area (Å²) in [6.45, 7) is 5.50. The number of aliphatic hydroxyl groups excluding tert-OH is 1. The monoisotopic (exact) mass is 532 g/mol. The lowest BCUT2D eigenvalue weighted by atomic mass is 9.80. The molecule has 2 aromatic carbocycles. The molecule has 9 heteroatoms. The fraction of sp³-hybridized carbons (Fsp3) is 0.483. The van der Waals surface area contributed by atoms with Gasteiger partial charge in [-0.05, 0) is 49.1 Å². The summed E-state index contributed by atoms with van der Waals surface area (Å²) >= 11 is 0. The molecule has 1 fully saturated rings. The maximum Gasteiger partial charge on any atom is 0.416 e. The molecule has 2 aromatic rings. The molecule has 0 unspecified atom stereocenters. The average Bonchev–Trinajstić information content (AvgIpc) is 2.92. The number of benzene rings is 2. The summed E-state index contributed by atoms with van der Waals surface area (Å²) in [5.74, 6) is -0.748. The zero-order chi connectivity index (χ0) is 27.1. The van der Waals surface area contributed by atoms with Crippen molar-refractivity contribution in [1.82, 2.24) is 9.80 Å². The van der Waals surface area contributed by atoms with Gasteiger partial charge in [-0.1, -0.05) is 42.5 Å². The first-order valence-electron chi connectivity index (χ1n) is 13.1. The second kappa shape index (κ2) is 12.8. The molecule has 0 saturated carbocycles. The summed E-state index contributed by atoms with van der Waals surface area (Å²) in [5.41, 5.74) is 1.14. The fourth-order valence-electron chi connectivity index (χ4n) is 5.14. The van der Waals surface area contributed by atoms with Crippen molar-refractivity contribution in [2.45, 2.75) is 44.7 Å². The number of aliphatic hydroxyl groups is 1. The molecule has 2 aliphatic rings.